The monoisotopic (exact) mass is 634 g/mol. The molecule has 46 heavy (non-hydrogen) atoms. The fraction of sp³-hybridized carbons (Fsp3) is 0.267. The van der Waals surface area contributed by atoms with Crippen molar-refractivity contribution in [2.45, 2.75) is 6.54 Å². The van der Waals surface area contributed by atoms with E-state index in [1.54, 1.807) is 38.5 Å². The van der Waals surface area contributed by atoms with Crippen molar-refractivity contribution in [3.8, 4) is 51.6 Å². The number of aromatic hydroxyl groups is 5. The molecular formula is C30H34N8O8. The summed E-state index contributed by atoms with van der Waals surface area (Å²) in [7, 11) is 5.11. The highest BCUT2D eigenvalue weighted by atomic mass is 16.5. The smallest absolute Gasteiger partial charge is 0.247 e. The van der Waals surface area contributed by atoms with Crippen LogP contribution in [0.1, 0.15) is 5.56 Å². The second kappa shape index (κ2) is 13.1. The van der Waals surface area contributed by atoms with Gasteiger partial charge in [-0.05, 0) is 26.2 Å². The summed E-state index contributed by atoms with van der Waals surface area (Å²) in [4.78, 5) is 25.1. The number of phenols is 5. The van der Waals surface area contributed by atoms with E-state index in [0.29, 0.717) is 49.0 Å². The third kappa shape index (κ3) is 6.24. The number of morpholine rings is 1. The van der Waals surface area contributed by atoms with Crippen LogP contribution < -0.4 is 20.3 Å². The molecule has 16 heteroatoms. The number of ether oxygens (including phenoxy) is 2. The van der Waals surface area contributed by atoms with Crippen LogP contribution in [0.2, 0.25) is 0 Å². The fourth-order valence-electron chi connectivity index (χ4n) is 4.95. The summed E-state index contributed by atoms with van der Waals surface area (Å²) in [6, 6.07) is 5.07. The molecule has 0 atom stereocenters. The molecule has 2 aromatic heterocycles. The summed E-state index contributed by atoms with van der Waals surface area (Å²) in [5.74, 6) is -4.34. The number of nitrogens with zero attached hydrogens (tertiary/aromatic N) is 6. The molecule has 1 fully saturated rings. The molecule has 0 bridgehead atoms. The van der Waals surface area contributed by atoms with Gasteiger partial charge < -0.3 is 55.4 Å². The number of carbonyl (C=O) groups excluding carboxylic acids is 1. The average Bonchev–Trinajstić information content (AvgIpc) is 3.46. The normalized spacial score (nSPS) is 13.1. The van der Waals surface area contributed by atoms with Gasteiger partial charge in [0.1, 0.15) is 11.4 Å². The lowest BCUT2D eigenvalue weighted by Gasteiger charge is -2.31. The van der Waals surface area contributed by atoms with Gasteiger partial charge in [-0.25, -0.2) is 9.67 Å². The molecule has 0 unspecified atom stereocenters. The molecule has 2 aromatic carbocycles. The Balaban J connectivity index is 1.54. The minimum atomic E-state index is -1.07. The Bertz CT molecular complexity index is 1760. The van der Waals surface area contributed by atoms with Crippen LogP contribution in [0.25, 0.3) is 17.1 Å². The maximum atomic E-state index is 12.3. The zero-order valence-electron chi connectivity index (χ0n) is 25.4. The first-order valence-corrected chi connectivity index (χ1v) is 14.0. The number of carbonyl (C=O) groups is 1. The first-order valence-electron chi connectivity index (χ1n) is 14.0. The SMILES string of the molecule is C=CC(=O)Nc1cc(Nc2nccc(-n3cc(CN(C)C)c(-c4c(O)c(O)c(O)c(O)c4O)n3)n2)c(OC)cc1N1CCOCC1. The molecule has 0 spiro atoms. The number of amides is 1. The lowest BCUT2D eigenvalue weighted by atomic mass is 10.0. The molecule has 0 saturated carbocycles. The zero-order valence-corrected chi connectivity index (χ0v) is 25.4. The molecule has 4 aromatic rings. The minimum absolute atomic E-state index is 0.0189. The van der Waals surface area contributed by atoms with Gasteiger partial charge in [-0.1, -0.05) is 6.58 Å². The summed E-state index contributed by atoms with van der Waals surface area (Å²) in [6.45, 7) is 6.15. The van der Waals surface area contributed by atoms with Crippen molar-refractivity contribution in [1.82, 2.24) is 24.6 Å². The van der Waals surface area contributed by atoms with Gasteiger partial charge in [0.25, 0.3) is 0 Å². The van der Waals surface area contributed by atoms with E-state index >= 15 is 0 Å². The highest BCUT2D eigenvalue weighted by Gasteiger charge is 2.28. The zero-order chi connectivity index (χ0) is 33.1. The Kier molecular flexibility index (Phi) is 9.01. The van der Waals surface area contributed by atoms with Crippen molar-refractivity contribution in [2.75, 3.05) is 63.0 Å². The number of anilines is 4. The van der Waals surface area contributed by atoms with Crippen molar-refractivity contribution >= 4 is 28.9 Å². The van der Waals surface area contributed by atoms with Gasteiger partial charge >= 0.3 is 0 Å². The van der Waals surface area contributed by atoms with Crippen LogP contribution in [0, 0.1) is 0 Å². The van der Waals surface area contributed by atoms with Crippen LogP contribution >= 0.6 is 0 Å². The van der Waals surface area contributed by atoms with Gasteiger partial charge in [-0.3, -0.25) is 4.79 Å². The second-order valence-electron chi connectivity index (χ2n) is 10.5. The van der Waals surface area contributed by atoms with Gasteiger partial charge in [0.2, 0.25) is 29.1 Å². The van der Waals surface area contributed by atoms with Crippen LogP contribution in [0.15, 0.2) is 43.2 Å². The van der Waals surface area contributed by atoms with Crippen LogP contribution in [0.5, 0.6) is 34.5 Å². The Morgan fingerprint density at radius 1 is 1.07 bits per heavy atom. The number of aromatic nitrogens is 4. The third-order valence-corrected chi connectivity index (χ3v) is 7.12. The summed E-state index contributed by atoms with van der Waals surface area (Å²) < 4.78 is 12.5. The van der Waals surface area contributed by atoms with Gasteiger partial charge in [0.15, 0.2) is 17.3 Å². The molecule has 242 valence electrons. The molecule has 1 aliphatic rings. The van der Waals surface area contributed by atoms with E-state index in [-0.39, 0.29) is 35.5 Å². The van der Waals surface area contributed by atoms with Gasteiger partial charge in [-0.15, -0.1) is 0 Å². The first kappa shape index (κ1) is 31.7. The van der Waals surface area contributed by atoms with Gasteiger partial charge in [0.05, 0.1) is 42.9 Å². The van der Waals surface area contributed by atoms with E-state index in [4.69, 9.17) is 9.47 Å². The third-order valence-electron chi connectivity index (χ3n) is 7.12. The van der Waals surface area contributed by atoms with Crippen LogP contribution in [-0.4, -0.2) is 104 Å². The van der Waals surface area contributed by atoms with E-state index in [1.807, 2.05) is 4.90 Å². The standard InChI is InChI=1S/C30H34N8O8/c1-5-22(39)32-17-12-18(20(45-4)13-19(17)37-8-10-46-11-9-37)33-30-31-7-6-21(34-30)38-15-16(14-36(2)3)24(35-38)23-25(40)27(42)29(44)28(43)26(23)41/h5-7,12-13,15,40-44H,1,8-11,14H2,2-4H3,(H,32,39)(H,31,33,34). The van der Waals surface area contributed by atoms with Crippen LogP contribution in [0.4, 0.5) is 23.0 Å². The van der Waals surface area contributed by atoms with Crippen LogP contribution in [-0.2, 0) is 16.1 Å². The number of rotatable bonds is 10. The molecular weight excluding hydrogens is 600 g/mol. The maximum Gasteiger partial charge on any atom is 0.247 e. The largest absolute Gasteiger partial charge is 0.504 e. The maximum absolute atomic E-state index is 12.3. The van der Waals surface area contributed by atoms with Gasteiger partial charge in [-0.2, -0.15) is 10.1 Å². The van der Waals surface area contributed by atoms with Crippen molar-refractivity contribution in [1.29, 1.82) is 0 Å². The molecule has 7 N–H and O–H groups in total. The molecule has 0 radical (unpaired) electrons. The highest BCUT2D eigenvalue weighted by Crippen LogP contribution is 2.55. The Labute approximate surface area is 263 Å². The fourth-order valence-corrected chi connectivity index (χ4v) is 4.95. The molecule has 1 saturated heterocycles. The Morgan fingerprint density at radius 3 is 2.37 bits per heavy atom. The minimum Gasteiger partial charge on any atom is -0.504 e. The van der Waals surface area contributed by atoms with Crippen molar-refractivity contribution < 1.29 is 39.8 Å². The van der Waals surface area contributed by atoms with Gasteiger partial charge in [0, 0.05) is 49.7 Å². The number of methoxy groups -OCH3 is 1. The number of phenolic OH excluding ortho intramolecular Hbond substituents is 5. The lowest BCUT2D eigenvalue weighted by molar-refractivity contribution is -0.111. The Hall–Kier alpha value is -5.74. The predicted molar refractivity (Wildman–Crippen MR) is 168 cm³/mol. The molecule has 0 aliphatic carbocycles. The average molecular weight is 635 g/mol. The second-order valence-corrected chi connectivity index (χ2v) is 10.5. The molecule has 16 nitrogen and oxygen atoms in total. The molecule has 1 aliphatic heterocycles. The summed E-state index contributed by atoms with van der Waals surface area (Å²) in [5, 5.41) is 61.8. The lowest BCUT2D eigenvalue weighted by Crippen LogP contribution is -2.36. The quantitative estimate of drug-likeness (QED) is 0.0760. The van der Waals surface area contributed by atoms with E-state index in [9.17, 15) is 30.3 Å². The summed E-state index contributed by atoms with van der Waals surface area (Å²) in [6.07, 6.45) is 4.26. The molecule has 1 amide bonds. The molecule has 5 rings (SSSR count). The van der Waals surface area contributed by atoms with E-state index < -0.39 is 28.7 Å². The number of hydrogen-bond donors (Lipinski definition) is 7. The first-order chi connectivity index (χ1) is 22.0. The topological polar surface area (TPSA) is 211 Å². The Morgan fingerprint density at radius 2 is 1.74 bits per heavy atom. The van der Waals surface area contributed by atoms with E-state index in [1.165, 1.54) is 24.1 Å². The van der Waals surface area contributed by atoms with Crippen LogP contribution in [0.3, 0.4) is 0 Å². The number of benzene rings is 2. The molecule has 3 heterocycles. The number of nitrogens with one attached hydrogen (secondary N) is 2. The predicted octanol–water partition coefficient (Wildman–Crippen LogP) is 2.63. The van der Waals surface area contributed by atoms with Crippen molar-refractivity contribution in [3.05, 3.63) is 48.8 Å². The van der Waals surface area contributed by atoms with Crippen molar-refractivity contribution in [3.63, 3.8) is 0 Å². The summed E-state index contributed by atoms with van der Waals surface area (Å²) >= 11 is 0. The van der Waals surface area contributed by atoms with Crippen molar-refractivity contribution in [2.24, 2.45) is 0 Å². The highest BCUT2D eigenvalue weighted by molar-refractivity contribution is 6.02. The summed E-state index contributed by atoms with van der Waals surface area (Å²) in [5.41, 5.74) is 1.83. The van der Waals surface area contributed by atoms with E-state index in [0.717, 1.165) is 5.69 Å². The number of hydrogen-bond acceptors (Lipinski definition) is 14. The van der Waals surface area contributed by atoms with E-state index in [2.05, 4.69) is 37.2 Å².